The van der Waals surface area contributed by atoms with Gasteiger partial charge < -0.3 is 4.74 Å². The summed E-state index contributed by atoms with van der Waals surface area (Å²) in [6.07, 6.45) is 1.36. The summed E-state index contributed by atoms with van der Waals surface area (Å²) in [7, 11) is 0. The molecule has 154 valence electrons. The summed E-state index contributed by atoms with van der Waals surface area (Å²) in [5.41, 5.74) is 4.08. The molecule has 3 aromatic rings. The Hall–Kier alpha value is -2.99. The molecule has 6 heteroatoms. The van der Waals surface area contributed by atoms with Crippen LogP contribution in [0.4, 0.5) is 5.69 Å². The average Bonchev–Trinajstić information content (AvgIpc) is 3.20. The zero-order chi connectivity index (χ0) is 21.3. The maximum Gasteiger partial charge on any atom is 0.268 e. The second-order valence-corrected chi connectivity index (χ2v) is 8.48. The SMILES string of the molecule is CCCc1nc(-c2ccc3c(c2)N(CC(=O)c2ccc(C)cc2)C(=O)C(C)O3)cs1. The predicted octanol–water partition coefficient (Wildman–Crippen LogP) is 5.07. The van der Waals surface area contributed by atoms with Crippen LogP contribution in [0.15, 0.2) is 47.8 Å². The fourth-order valence-corrected chi connectivity index (χ4v) is 4.39. The lowest BCUT2D eigenvalue weighted by atomic mass is 10.1. The standard InChI is InChI=1S/C24H24N2O3S/c1-4-5-23-25-19(14-30-23)18-10-11-22-20(12-18)26(24(28)16(3)29-22)13-21(27)17-8-6-15(2)7-9-17/h6-12,14,16H,4-5,13H2,1-3H3. The van der Waals surface area contributed by atoms with Crippen LogP contribution in [0.5, 0.6) is 5.75 Å². The van der Waals surface area contributed by atoms with Gasteiger partial charge in [0.2, 0.25) is 0 Å². The van der Waals surface area contributed by atoms with Gasteiger partial charge in [-0.05, 0) is 44.9 Å². The third-order valence-electron chi connectivity index (χ3n) is 5.15. The number of nitrogens with zero attached hydrogens (tertiary/aromatic N) is 2. The molecule has 1 aliphatic heterocycles. The Bertz CT molecular complexity index is 1090. The van der Waals surface area contributed by atoms with Crippen LogP contribution in [0.2, 0.25) is 0 Å². The highest BCUT2D eigenvalue weighted by atomic mass is 32.1. The lowest BCUT2D eigenvalue weighted by Crippen LogP contribution is -2.46. The van der Waals surface area contributed by atoms with Crippen molar-refractivity contribution in [2.24, 2.45) is 0 Å². The number of ketones is 1. The molecule has 2 heterocycles. The fourth-order valence-electron chi connectivity index (χ4n) is 3.48. The highest BCUT2D eigenvalue weighted by Crippen LogP contribution is 2.38. The number of ether oxygens (including phenoxy) is 1. The van der Waals surface area contributed by atoms with Crippen LogP contribution < -0.4 is 9.64 Å². The van der Waals surface area contributed by atoms with Crippen LogP contribution in [0.3, 0.4) is 0 Å². The summed E-state index contributed by atoms with van der Waals surface area (Å²) in [4.78, 5) is 32.0. The van der Waals surface area contributed by atoms with Crippen molar-refractivity contribution in [1.82, 2.24) is 4.98 Å². The van der Waals surface area contributed by atoms with Crippen molar-refractivity contribution in [3.05, 3.63) is 64.0 Å². The number of benzene rings is 2. The first-order valence-corrected chi connectivity index (χ1v) is 11.0. The largest absolute Gasteiger partial charge is 0.479 e. The molecule has 30 heavy (non-hydrogen) atoms. The number of hydrogen-bond acceptors (Lipinski definition) is 5. The molecule has 1 aromatic heterocycles. The maximum atomic E-state index is 12.9. The number of hydrogen-bond donors (Lipinski definition) is 0. The lowest BCUT2D eigenvalue weighted by Gasteiger charge is -2.33. The van der Waals surface area contributed by atoms with Crippen LogP contribution in [-0.4, -0.2) is 29.3 Å². The number of carbonyl (C=O) groups excluding carboxylic acids is 2. The second-order valence-electron chi connectivity index (χ2n) is 7.53. The molecule has 4 rings (SSSR count). The number of thiazole rings is 1. The Kier molecular flexibility index (Phi) is 5.68. The molecule has 0 fully saturated rings. The molecule has 0 aliphatic carbocycles. The summed E-state index contributed by atoms with van der Waals surface area (Å²) in [6, 6.07) is 13.1. The minimum atomic E-state index is -0.635. The van der Waals surface area contributed by atoms with Gasteiger partial charge in [-0.15, -0.1) is 11.3 Å². The van der Waals surface area contributed by atoms with E-state index in [1.807, 2.05) is 42.6 Å². The number of carbonyl (C=O) groups is 2. The molecule has 0 saturated carbocycles. The first-order chi connectivity index (χ1) is 14.5. The molecule has 0 radical (unpaired) electrons. The molecule has 1 unspecified atom stereocenters. The summed E-state index contributed by atoms with van der Waals surface area (Å²) in [5, 5.41) is 3.13. The molecule has 0 spiro atoms. The van der Waals surface area contributed by atoms with E-state index in [0.29, 0.717) is 17.0 Å². The molecule has 1 aliphatic rings. The summed E-state index contributed by atoms with van der Waals surface area (Å²) in [5.74, 6) is 0.282. The Morgan fingerprint density at radius 3 is 2.70 bits per heavy atom. The molecule has 5 nitrogen and oxygen atoms in total. The number of fused-ring (bicyclic) bond motifs is 1. The molecule has 0 N–H and O–H groups in total. The molecular formula is C24H24N2O3S. The smallest absolute Gasteiger partial charge is 0.268 e. The van der Waals surface area contributed by atoms with E-state index >= 15 is 0 Å². The van der Waals surface area contributed by atoms with E-state index in [9.17, 15) is 9.59 Å². The monoisotopic (exact) mass is 420 g/mol. The van der Waals surface area contributed by atoms with Crippen molar-refractivity contribution >= 4 is 28.7 Å². The number of anilines is 1. The third kappa shape index (κ3) is 4.00. The molecule has 1 amide bonds. The Balaban J connectivity index is 1.66. The number of rotatable bonds is 6. The second kappa shape index (κ2) is 8.40. The van der Waals surface area contributed by atoms with Gasteiger partial charge in [0.15, 0.2) is 11.9 Å². The molecule has 2 aromatic carbocycles. The van der Waals surface area contributed by atoms with Crippen molar-refractivity contribution in [3.63, 3.8) is 0 Å². The van der Waals surface area contributed by atoms with E-state index in [2.05, 4.69) is 6.92 Å². The fraction of sp³-hybridized carbons (Fsp3) is 0.292. The van der Waals surface area contributed by atoms with E-state index < -0.39 is 6.10 Å². The average molecular weight is 421 g/mol. The number of amides is 1. The topological polar surface area (TPSA) is 59.5 Å². The summed E-state index contributed by atoms with van der Waals surface area (Å²) < 4.78 is 5.79. The van der Waals surface area contributed by atoms with Gasteiger partial charge >= 0.3 is 0 Å². The Labute approximate surface area is 180 Å². The zero-order valence-corrected chi connectivity index (χ0v) is 18.2. The van der Waals surface area contributed by atoms with E-state index in [4.69, 9.17) is 9.72 Å². The van der Waals surface area contributed by atoms with Crippen molar-refractivity contribution in [3.8, 4) is 17.0 Å². The maximum absolute atomic E-state index is 12.9. The highest BCUT2D eigenvalue weighted by Gasteiger charge is 2.33. The number of aromatic nitrogens is 1. The third-order valence-corrected chi connectivity index (χ3v) is 6.06. The van der Waals surface area contributed by atoms with Crippen LogP contribution >= 0.6 is 11.3 Å². The van der Waals surface area contributed by atoms with Gasteiger partial charge in [-0.2, -0.15) is 0 Å². The van der Waals surface area contributed by atoms with Gasteiger partial charge in [0.05, 0.1) is 22.9 Å². The van der Waals surface area contributed by atoms with Gasteiger partial charge in [0, 0.05) is 16.5 Å². The van der Waals surface area contributed by atoms with Crippen molar-refractivity contribution in [1.29, 1.82) is 0 Å². The van der Waals surface area contributed by atoms with Crippen LogP contribution in [0.25, 0.3) is 11.3 Å². The van der Waals surface area contributed by atoms with Crippen molar-refractivity contribution in [2.75, 3.05) is 11.4 Å². The predicted molar refractivity (Wildman–Crippen MR) is 119 cm³/mol. The quantitative estimate of drug-likeness (QED) is 0.523. The highest BCUT2D eigenvalue weighted by molar-refractivity contribution is 7.09. The zero-order valence-electron chi connectivity index (χ0n) is 17.3. The molecular weight excluding hydrogens is 396 g/mol. The van der Waals surface area contributed by atoms with Crippen LogP contribution in [0, 0.1) is 6.92 Å². The van der Waals surface area contributed by atoms with Crippen molar-refractivity contribution in [2.45, 2.75) is 39.7 Å². The molecule has 0 bridgehead atoms. The normalized spacial score (nSPS) is 15.6. The van der Waals surface area contributed by atoms with E-state index in [-0.39, 0.29) is 18.2 Å². The molecule has 1 atom stereocenters. The van der Waals surface area contributed by atoms with Crippen molar-refractivity contribution < 1.29 is 14.3 Å². The van der Waals surface area contributed by atoms with E-state index in [1.165, 1.54) is 4.90 Å². The minimum absolute atomic E-state index is 0.0236. The van der Waals surface area contributed by atoms with Gasteiger partial charge in [-0.25, -0.2) is 4.98 Å². The van der Waals surface area contributed by atoms with Crippen LogP contribution in [-0.2, 0) is 11.2 Å². The summed E-state index contributed by atoms with van der Waals surface area (Å²) >= 11 is 1.64. The van der Waals surface area contributed by atoms with E-state index in [1.54, 1.807) is 30.4 Å². The number of aryl methyl sites for hydroxylation is 2. The van der Waals surface area contributed by atoms with Gasteiger partial charge in [-0.1, -0.05) is 36.8 Å². The van der Waals surface area contributed by atoms with Gasteiger partial charge in [0.25, 0.3) is 5.91 Å². The molecule has 0 saturated heterocycles. The Morgan fingerprint density at radius 1 is 1.20 bits per heavy atom. The lowest BCUT2D eigenvalue weighted by molar-refractivity contribution is -0.125. The number of Topliss-reactive ketones (excluding diaryl/α,β-unsaturated/α-hetero) is 1. The van der Waals surface area contributed by atoms with Gasteiger partial charge in [0.1, 0.15) is 5.75 Å². The van der Waals surface area contributed by atoms with E-state index in [0.717, 1.165) is 34.7 Å². The minimum Gasteiger partial charge on any atom is -0.479 e. The van der Waals surface area contributed by atoms with Gasteiger partial charge in [-0.3, -0.25) is 14.5 Å². The first-order valence-electron chi connectivity index (χ1n) is 10.1. The van der Waals surface area contributed by atoms with Crippen LogP contribution in [0.1, 0.15) is 41.2 Å². The first kappa shape index (κ1) is 20.3. The Morgan fingerprint density at radius 2 is 1.97 bits per heavy atom. The summed E-state index contributed by atoms with van der Waals surface area (Å²) in [6.45, 7) is 5.79.